The van der Waals surface area contributed by atoms with E-state index >= 15 is 0 Å². The fraction of sp³-hybridized carbons (Fsp3) is 0.333. The Balaban J connectivity index is 1.74. The minimum atomic E-state index is 0.720. The molecule has 0 amide bonds. The van der Waals surface area contributed by atoms with Crippen molar-refractivity contribution in [3.63, 3.8) is 0 Å². The minimum Gasteiger partial charge on any atom is -0.362 e. The molecule has 4 nitrogen and oxygen atoms in total. The Morgan fingerprint density at radius 2 is 2.05 bits per heavy atom. The molecule has 1 N–H and O–H groups in total. The number of nitrogens with zero attached hydrogens (tertiary/aromatic N) is 3. The summed E-state index contributed by atoms with van der Waals surface area (Å²) in [7, 11) is 3.90. The summed E-state index contributed by atoms with van der Waals surface area (Å²) in [4.78, 5) is 2.00. The number of rotatable bonds is 5. The number of hydrogen-bond acceptors (Lipinski definition) is 2. The molecule has 0 bridgehead atoms. The van der Waals surface area contributed by atoms with Crippen LogP contribution < -0.4 is 5.32 Å². The van der Waals surface area contributed by atoms with Crippen molar-refractivity contribution >= 4 is 17.3 Å². The first-order chi connectivity index (χ1) is 9.65. The molecule has 0 saturated carbocycles. The van der Waals surface area contributed by atoms with E-state index < -0.39 is 0 Å². The van der Waals surface area contributed by atoms with E-state index in [1.807, 2.05) is 37.3 Å². The van der Waals surface area contributed by atoms with Crippen molar-refractivity contribution in [2.24, 2.45) is 7.05 Å². The molecule has 5 heteroatoms. The van der Waals surface area contributed by atoms with E-state index in [2.05, 4.69) is 34.7 Å². The van der Waals surface area contributed by atoms with Gasteiger partial charge in [-0.2, -0.15) is 5.10 Å². The third kappa shape index (κ3) is 4.35. The van der Waals surface area contributed by atoms with Crippen molar-refractivity contribution in [1.82, 2.24) is 20.0 Å². The van der Waals surface area contributed by atoms with Gasteiger partial charge in [0, 0.05) is 26.8 Å². The maximum atomic E-state index is 5.38. The average molecular weight is 288 g/mol. The number of aromatic nitrogens is 2. The molecule has 106 valence electrons. The lowest BCUT2D eigenvalue weighted by Crippen LogP contribution is -2.37. The van der Waals surface area contributed by atoms with Crippen molar-refractivity contribution in [3.05, 3.63) is 53.9 Å². The summed E-state index contributed by atoms with van der Waals surface area (Å²) in [5, 5.41) is 8.39. The SMILES string of the molecule is CN(Cc1ccn(C)n1)C(=S)NCCc1ccccc1. The van der Waals surface area contributed by atoms with Crippen molar-refractivity contribution in [2.45, 2.75) is 13.0 Å². The van der Waals surface area contributed by atoms with Gasteiger partial charge in [-0.3, -0.25) is 4.68 Å². The molecule has 0 fully saturated rings. The number of hydrogen-bond donors (Lipinski definition) is 1. The lowest BCUT2D eigenvalue weighted by molar-refractivity contribution is 0.478. The molecule has 2 aromatic rings. The molecular formula is C15H20N4S. The Bertz CT molecular complexity index is 550. The van der Waals surface area contributed by atoms with Crippen molar-refractivity contribution in [2.75, 3.05) is 13.6 Å². The van der Waals surface area contributed by atoms with Gasteiger partial charge in [0.25, 0.3) is 0 Å². The molecule has 1 aromatic carbocycles. The van der Waals surface area contributed by atoms with Crippen LogP contribution in [0, 0.1) is 0 Å². The third-order valence-electron chi connectivity index (χ3n) is 3.05. The zero-order valence-electron chi connectivity index (χ0n) is 11.9. The highest BCUT2D eigenvalue weighted by atomic mass is 32.1. The van der Waals surface area contributed by atoms with Gasteiger partial charge in [0.2, 0.25) is 0 Å². The average Bonchev–Trinajstić information content (AvgIpc) is 2.85. The van der Waals surface area contributed by atoms with E-state index in [1.165, 1.54) is 5.56 Å². The van der Waals surface area contributed by atoms with Crippen LogP contribution in [-0.2, 0) is 20.0 Å². The van der Waals surface area contributed by atoms with Gasteiger partial charge in [-0.25, -0.2) is 0 Å². The molecule has 0 unspecified atom stereocenters. The molecule has 0 spiro atoms. The van der Waals surface area contributed by atoms with E-state index in [9.17, 15) is 0 Å². The second-order valence-corrected chi connectivity index (χ2v) is 5.19. The highest BCUT2D eigenvalue weighted by molar-refractivity contribution is 7.80. The zero-order chi connectivity index (χ0) is 14.4. The largest absolute Gasteiger partial charge is 0.362 e. The van der Waals surface area contributed by atoms with E-state index in [0.717, 1.165) is 30.3 Å². The molecule has 0 aliphatic heterocycles. The Kier molecular flexibility index (Phi) is 5.12. The van der Waals surface area contributed by atoms with Crippen LogP contribution in [0.1, 0.15) is 11.3 Å². The van der Waals surface area contributed by atoms with Gasteiger partial charge in [-0.05, 0) is 30.3 Å². The van der Waals surface area contributed by atoms with E-state index in [1.54, 1.807) is 4.68 Å². The summed E-state index contributed by atoms with van der Waals surface area (Å²) in [6.07, 6.45) is 2.91. The second-order valence-electron chi connectivity index (χ2n) is 4.80. The van der Waals surface area contributed by atoms with Gasteiger partial charge in [0.1, 0.15) is 0 Å². The first-order valence-electron chi connectivity index (χ1n) is 6.66. The van der Waals surface area contributed by atoms with Crippen LogP contribution in [0.5, 0.6) is 0 Å². The summed E-state index contributed by atoms with van der Waals surface area (Å²) >= 11 is 5.38. The van der Waals surface area contributed by atoms with Gasteiger partial charge in [-0.1, -0.05) is 30.3 Å². The monoisotopic (exact) mass is 288 g/mol. The highest BCUT2D eigenvalue weighted by Gasteiger charge is 2.06. The fourth-order valence-corrected chi connectivity index (χ4v) is 2.12. The predicted octanol–water partition coefficient (Wildman–Crippen LogP) is 1.97. The van der Waals surface area contributed by atoms with Crippen molar-refractivity contribution in [3.8, 4) is 0 Å². The first-order valence-corrected chi connectivity index (χ1v) is 7.07. The highest BCUT2D eigenvalue weighted by Crippen LogP contribution is 2.01. The van der Waals surface area contributed by atoms with Gasteiger partial charge < -0.3 is 10.2 Å². The van der Waals surface area contributed by atoms with Crippen LogP contribution in [0.15, 0.2) is 42.6 Å². The van der Waals surface area contributed by atoms with Crippen molar-refractivity contribution < 1.29 is 0 Å². The summed E-state index contributed by atoms with van der Waals surface area (Å²) < 4.78 is 1.80. The van der Waals surface area contributed by atoms with Crippen molar-refractivity contribution in [1.29, 1.82) is 0 Å². The number of benzene rings is 1. The Morgan fingerprint density at radius 3 is 2.70 bits per heavy atom. The Labute approximate surface area is 125 Å². The topological polar surface area (TPSA) is 33.1 Å². The van der Waals surface area contributed by atoms with Crippen LogP contribution in [0.2, 0.25) is 0 Å². The number of aryl methyl sites for hydroxylation is 1. The number of nitrogens with one attached hydrogen (secondary N) is 1. The first kappa shape index (κ1) is 14.5. The molecule has 20 heavy (non-hydrogen) atoms. The summed E-state index contributed by atoms with van der Waals surface area (Å²) in [5.41, 5.74) is 2.33. The van der Waals surface area contributed by atoms with Gasteiger partial charge >= 0.3 is 0 Å². The summed E-state index contributed by atoms with van der Waals surface area (Å²) in [5.74, 6) is 0. The lowest BCUT2D eigenvalue weighted by atomic mass is 10.1. The van der Waals surface area contributed by atoms with Crippen LogP contribution in [0.4, 0.5) is 0 Å². The quantitative estimate of drug-likeness (QED) is 0.853. The van der Waals surface area contributed by atoms with Crippen LogP contribution >= 0.6 is 12.2 Å². The smallest absolute Gasteiger partial charge is 0.169 e. The Hall–Kier alpha value is -1.88. The standard InChI is InChI=1S/C15H20N4S/c1-18(12-14-9-11-19(2)17-14)15(20)16-10-8-13-6-4-3-5-7-13/h3-7,9,11H,8,10,12H2,1-2H3,(H,16,20). The van der Waals surface area contributed by atoms with E-state index in [0.29, 0.717) is 0 Å². The maximum Gasteiger partial charge on any atom is 0.169 e. The van der Waals surface area contributed by atoms with Crippen LogP contribution in [-0.4, -0.2) is 33.4 Å². The summed E-state index contributed by atoms with van der Waals surface area (Å²) in [6, 6.07) is 12.4. The van der Waals surface area contributed by atoms with Gasteiger partial charge in [-0.15, -0.1) is 0 Å². The maximum absolute atomic E-state index is 5.38. The number of thiocarbonyl (C=S) groups is 1. The molecule has 2 rings (SSSR count). The summed E-state index contributed by atoms with van der Waals surface area (Å²) in [6.45, 7) is 1.56. The predicted molar refractivity (Wildman–Crippen MR) is 85.4 cm³/mol. The fourth-order valence-electron chi connectivity index (χ4n) is 1.96. The molecular weight excluding hydrogens is 268 g/mol. The molecule has 0 radical (unpaired) electrons. The molecule has 1 heterocycles. The van der Waals surface area contributed by atoms with Crippen LogP contribution in [0.25, 0.3) is 0 Å². The van der Waals surface area contributed by atoms with E-state index in [-0.39, 0.29) is 0 Å². The Morgan fingerprint density at radius 1 is 1.30 bits per heavy atom. The third-order valence-corrected chi connectivity index (χ3v) is 3.50. The van der Waals surface area contributed by atoms with Crippen LogP contribution in [0.3, 0.4) is 0 Å². The zero-order valence-corrected chi connectivity index (χ0v) is 12.7. The van der Waals surface area contributed by atoms with Gasteiger partial charge in [0.15, 0.2) is 5.11 Å². The molecule has 0 aliphatic rings. The normalized spacial score (nSPS) is 10.3. The minimum absolute atomic E-state index is 0.720. The van der Waals surface area contributed by atoms with Gasteiger partial charge in [0.05, 0.1) is 12.2 Å². The second kappa shape index (κ2) is 7.05. The molecule has 1 aromatic heterocycles. The molecule has 0 aliphatic carbocycles. The molecule has 0 saturated heterocycles. The lowest BCUT2D eigenvalue weighted by Gasteiger charge is -2.20. The van der Waals surface area contributed by atoms with E-state index in [4.69, 9.17) is 12.2 Å². The molecule has 0 atom stereocenters.